The molecule has 0 aromatic rings. The molecule has 0 spiro atoms. The molecule has 0 fully saturated rings. The van der Waals surface area contributed by atoms with Crippen molar-refractivity contribution in [3.8, 4) is 0 Å². The third kappa shape index (κ3) is 8.71. The van der Waals surface area contributed by atoms with Crippen molar-refractivity contribution in [1.82, 2.24) is 0 Å². The fraction of sp³-hybridized carbons (Fsp3) is 0.818. The lowest BCUT2D eigenvalue weighted by molar-refractivity contribution is -0.187. The Balaban J connectivity index is 4.35. The summed E-state index contributed by atoms with van der Waals surface area (Å²) in [7, 11) is 0.840. The Hall–Kier alpha value is -2.12. The average Bonchev–Trinajstić information content (AvgIpc) is 2.69. The minimum absolute atomic E-state index is 0.221. The van der Waals surface area contributed by atoms with Gasteiger partial charge in [-0.3, -0.25) is 19.2 Å². The predicted octanol–water partition coefficient (Wildman–Crippen LogP) is 4.50. The zero-order valence-corrected chi connectivity index (χ0v) is 18.4. The van der Waals surface area contributed by atoms with Gasteiger partial charge >= 0.3 is 23.9 Å². The molecule has 1 unspecified atom stereocenters. The van der Waals surface area contributed by atoms with Gasteiger partial charge in [0.1, 0.15) is 0 Å². The van der Waals surface area contributed by atoms with Gasteiger partial charge < -0.3 is 20.1 Å². The quantitative estimate of drug-likeness (QED) is 0.155. The van der Waals surface area contributed by atoms with Gasteiger partial charge in [0.25, 0.3) is 5.41 Å². The second kappa shape index (κ2) is 15.7. The van der Waals surface area contributed by atoms with Crippen LogP contribution in [0.15, 0.2) is 0 Å². The Kier molecular flexibility index (Phi) is 14.6. The molecule has 1 atom stereocenters. The maximum Gasteiger partial charge on any atom is 0.335 e. The normalized spacial score (nSPS) is 12.3. The van der Waals surface area contributed by atoms with Crippen LogP contribution in [0.4, 0.5) is 0 Å². The van der Waals surface area contributed by atoms with Crippen molar-refractivity contribution in [2.45, 2.75) is 96.8 Å². The zero-order valence-electron chi connectivity index (χ0n) is 18.4. The van der Waals surface area contributed by atoms with E-state index in [2.05, 4.69) is 11.7 Å². The second-order valence-electron chi connectivity index (χ2n) is 7.83. The Morgan fingerprint density at radius 1 is 0.700 bits per heavy atom. The number of carbonyl (C=O) groups is 4. The van der Waals surface area contributed by atoms with Crippen molar-refractivity contribution in [3.05, 3.63) is 0 Å². The Morgan fingerprint density at radius 3 is 1.37 bits per heavy atom. The van der Waals surface area contributed by atoms with Crippen molar-refractivity contribution in [1.29, 1.82) is 0 Å². The molecule has 0 saturated heterocycles. The Bertz CT molecular complexity index is 529. The molecule has 174 valence electrons. The number of aliphatic carboxylic acids is 3. The van der Waals surface area contributed by atoms with Gasteiger partial charge in [0, 0.05) is 0 Å². The number of rotatable bonds is 19. The van der Waals surface area contributed by atoms with E-state index >= 15 is 0 Å². The third-order valence-corrected chi connectivity index (χ3v) is 5.60. The van der Waals surface area contributed by atoms with Crippen molar-refractivity contribution in [3.63, 3.8) is 0 Å². The molecule has 0 aromatic carbocycles. The molecule has 30 heavy (non-hydrogen) atoms. The summed E-state index contributed by atoms with van der Waals surface area (Å²) < 4.78 is 4.32. The zero-order chi connectivity index (χ0) is 23.0. The molecule has 0 rings (SSSR count). The Labute approximate surface area is 179 Å². The largest absolute Gasteiger partial charge is 0.481 e. The number of hydrogen-bond acceptors (Lipinski definition) is 5. The minimum Gasteiger partial charge on any atom is -0.481 e. The van der Waals surface area contributed by atoms with Crippen molar-refractivity contribution < 1.29 is 39.2 Å². The van der Waals surface area contributed by atoms with Gasteiger partial charge in [-0.25, -0.2) is 0 Å². The average molecular weight is 431 g/mol. The molecule has 8 heteroatoms. The summed E-state index contributed by atoms with van der Waals surface area (Å²) >= 11 is 0. The minimum atomic E-state index is -3.14. The first-order valence-electron chi connectivity index (χ1n) is 11.0. The van der Waals surface area contributed by atoms with Crippen LogP contribution < -0.4 is 0 Å². The van der Waals surface area contributed by atoms with E-state index in [0.29, 0.717) is 12.8 Å². The van der Waals surface area contributed by atoms with Crippen molar-refractivity contribution >= 4 is 23.9 Å². The standard InChI is InChI=1S/C22H38O8/c1-3-4-5-6-7-8-9-10-11-12-13-14-15-16-17(18(23)24)22(19(25)26,20(27)28)21(29)30-2/h17H,3-16H2,1-2H3,(H,23,24)(H,25,26)(H,27,28). The fourth-order valence-corrected chi connectivity index (χ4v) is 3.76. The van der Waals surface area contributed by atoms with Crippen LogP contribution in [0.3, 0.4) is 0 Å². The van der Waals surface area contributed by atoms with Gasteiger partial charge in [-0.1, -0.05) is 90.4 Å². The summed E-state index contributed by atoms with van der Waals surface area (Å²) in [5, 5.41) is 28.2. The summed E-state index contributed by atoms with van der Waals surface area (Å²) in [6.07, 6.45) is 13.8. The first-order valence-corrected chi connectivity index (χ1v) is 11.0. The van der Waals surface area contributed by atoms with E-state index in [9.17, 15) is 34.5 Å². The van der Waals surface area contributed by atoms with Crippen LogP contribution in [-0.2, 0) is 23.9 Å². The SMILES string of the molecule is CCCCCCCCCCCCCCCC(C(=O)O)C(C(=O)O)(C(=O)O)C(=O)OC. The molecule has 0 aromatic heterocycles. The highest BCUT2D eigenvalue weighted by Crippen LogP contribution is 2.35. The second-order valence-corrected chi connectivity index (χ2v) is 7.83. The van der Waals surface area contributed by atoms with Crippen LogP contribution in [0.1, 0.15) is 96.8 Å². The van der Waals surface area contributed by atoms with E-state index in [1.54, 1.807) is 0 Å². The molecule has 0 aliphatic heterocycles. The molecule has 0 aliphatic rings. The summed E-state index contributed by atoms with van der Waals surface area (Å²) in [5.74, 6) is -9.16. The predicted molar refractivity (Wildman–Crippen MR) is 111 cm³/mol. The molecule has 3 N–H and O–H groups in total. The highest BCUT2D eigenvalue weighted by atomic mass is 16.5. The lowest BCUT2D eigenvalue weighted by Gasteiger charge is -2.28. The monoisotopic (exact) mass is 430 g/mol. The topological polar surface area (TPSA) is 138 Å². The highest BCUT2D eigenvalue weighted by molar-refractivity contribution is 6.19. The van der Waals surface area contributed by atoms with Gasteiger partial charge in [-0.05, 0) is 6.42 Å². The highest BCUT2D eigenvalue weighted by Gasteiger charge is 2.63. The number of methoxy groups -OCH3 is 1. The molecule has 0 amide bonds. The number of esters is 1. The molecule has 0 radical (unpaired) electrons. The number of carboxylic acids is 3. The van der Waals surface area contributed by atoms with E-state index in [0.717, 1.165) is 32.8 Å². The first kappa shape index (κ1) is 27.9. The van der Waals surface area contributed by atoms with Crippen LogP contribution in [0.5, 0.6) is 0 Å². The van der Waals surface area contributed by atoms with Crippen LogP contribution >= 0.6 is 0 Å². The van der Waals surface area contributed by atoms with Crippen molar-refractivity contribution in [2.75, 3.05) is 7.11 Å². The van der Waals surface area contributed by atoms with Crippen LogP contribution in [0.25, 0.3) is 0 Å². The number of carbonyl (C=O) groups excluding carboxylic acids is 1. The summed E-state index contributed by atoms with van der Waals surface area (Å²) in [6, 6.07) is 0. The molecule has 0 aliphatic carbocycles. The molecule has 0 saturated carbocycles. The van der Waals surface area contributed by atoms with Gasteiger partial charge in [0.05, 0.1) is 13.0 Å². The molecular formula is C22H38O8. The fourth-order valence-electron chi connectivity index (χ4n) is 3.76. The smallest absolute Gasteiger partial charge is 0.335 e. The van der Waals surface area contributed by atoms with Crippen LogP contribution in [0, 0.1) is 11.3 Å². The van der Waals surface area contributed by atoms with Gasteiger partial charge in [0.15, 0.2) is 0 Å². The van der Waals surface area contributed by atoms with Gasteiger partial charge in [0.2, 0.25) is 0 Å². The third-order valence-electron chi connectivity index (χ3n) is 5.60. The van der Waals surface area contributed by atoms with E-state index in [-0.39, 0.29) is 6.42 Å². The van der Waals surface area contributed by atoms with E-state index in [1.165, 1.54) is 44.9 Å². The van der Waals surface area contributed by atoms with Crippen LogP contribution in [-0.4, -0.2) is 46.3 Å². The van der Waals surface area contributed by atoms with Gasteiger partial charge in [-0.2, -0.15) is 0 Å². The number of ether oxygens (including phenoxy) is 1. The lowest BCUT2D eigenvalue weighted by Crippen LogP contribution is -2.55. The number of hydrogen-bond donors (Lipinski definition) is 3. The number of carboxylic acid groups (broad SMARTS) is 3. The van der Waals surface area contributed by atoms with E-state index in [4.69, 9.17) is 0 Å². The molecule has 0 heterocycles. The molecule has 0 bridgehead atoms. The van der Waals surface area contributed by atoms with E-state index in [1.807, 2.05) is 0 Å². The molecular weight excluding hydrogens is 392 g/mol. The number of unbranched alkanes of at least 4 members (excludes halogenated alkanes) is 12. The summed E-state index contributed by atoms with van der Waals surface area (Å²) in [6.45, 7) is 2.20. The summed E-state index contributed by atoms with van der Waals surface area (Å²) in [5.41, 5.74) is -3.14. The van der Waals surface area contributed by atoms with Crippen molar-refractivity contribution in [2.24, 2.45) is 11.3 Å². The lowest BCUT2D eigenvalue weighted by atomic mass is 9.72. The first-order chi connectivity index (χ1) is 14.3. The van der Waals surface area contributed by atoms with Gasteiger partial charge in [-0.15, -0.1) is 0 Å². The Morgan fingerprint density at radius 2 is 1.07 bits per heavy atom. The van der Waals surface area contributed by atoms with Crippen LogP contribution in [0.2, 0.25) is 0 Å². The molecule has 8 nitrogen and oxygen atoms in total. The summed E-state index contributed by atoms with van der Waals surface area (Å²) in [4.78, 5) is 46.7. The van der Waals surface area contributed by atoms with E-state index < -0.39 is 35.2 Å². The maximum absolute atomic E-state index is 11.9. The maximum atomic E-state index is 11.9.